The van der Waals surface area contributed by atoms with Crippen LogP contribution in [0.15, 0.2) is 27.9 Å². The Hall–Kier alpha value is -1.29. The molecular weight excluding hydrogens is 342 g/mol. The lowest BCUT2D eigenvalue weighted by Crippen LogP contribution is -2.28. The molecule has 0 aromatic carbocycles. The quantitative estimate of drug-likeness (QED) is 0.824. The zero-order valence-corrected chi connectivity index (χ0v) is 14.7. The third kappa shape index (κ3) is 4.35. The Labute approximate surface area is 137 Å². The van der Waals surface area contributed by atoms with Gasteiger partial charge in [-0.15, -0.1) is 22.7 Å². The molecule has 0 aliphatic rings. The molecule has 0 spiro atoms. The molecule has 0 bridgehead atoms. The molecule has 0 unspecified atom stereocenters. The van der Waals surface area contributed by atoms with Gasteiger partial charge in [0.05, 0.1) is 0 Å². The summed E-state index contributed by atoms with van der Waals surface area (Å²) in [5.74, 6) is -0.156. The van der Waals surface area contributed by atoms with Crippen LogP contribution in [0.25, 0.3) is 0 Å². The van der Waals surface area contributed by atoms with Crippen LogP contribution < -0.4 is 5.32 Å². The average molecular weight is 359 g/mol. The number of rotatable bonds is 7. The number of carbonyl (C=O) groups excluding carboxylic acids is 1. The van der Waals surface area contributed by atoms with Crippen molar-refractivity contribution in [3.8, 4) is 0 Å². The highest BCUT2D eigenvalue weighted by molar-refractivity contribution is 7.91. The van der Waals surface area contributed by atoms with Crippen LogP contribution in [-0.2, 0) is 14.8 Å². The molecular formula is C13H17N3O3S3. The van der Waals surface area contributed by atoms with E-state index in [0.717, 1.165) is 4.88 Å². The molecule has 1 amide bonds. The number of sulfonamides is 1. The van der Waals surface area contributed by atoms with E-state index in [0.29, 0.717) is 22.3 Å². The van der Waals surface area contributed by atoms with E-state index in [2.05, 4.69) is 10.3 Å². The second-order valence-electron chi connectivity index (χ2n) is 4.69. The van der Waals surface area contributed by atoms with Gasteiger partial charge in [0.1, 0.15) is 4.21 Å². The first-order valence-electron chi connectivity index (χ1n) is 6.62. The summed E-state index contributed by atoms with van der Waals surface area (Å²) in [6.07, 6.45) is 2.40. The van der Waals surface area contributed by atoms with Crippen molar-refractivity contribution in [2.24, 2.45) is 0 Å². The molecule has 6 nitrogen and oxygen atoms in total. The molecule has 0 saturated carbocycles. The Morgan fingerprint density at radius 3 is 2.82 bits per heavy atom. The standard InChI is InChI=1S/C13H17N3O3S3/c1-10-9-14-13(21-10)15-11(17)5-3-7-16(2)22(18,19)12-6-4-8-20-12/h4,6,8-9H,3,5,7H2,1-2H3,(H,14,15,17). The fourth-order valence-electron chi connectivity index (χ4n) is 1.74. The van der Waals surface area contributed by atoms with Crippen LogP contribution in [0.2, 0.25) is 0 Å². The van der Waals surface area contributed by atoms with Crippen molar-refractivity contribution in [2.75, 3.05) is 18.9 Å². The molecule has 2 aromatic heterocycles. The smallest absolute Gasteiger partial charge is 0.252 e. The summed E-state index contributed by atoms with van der Waals surface area (Å²) in [4.78, 5) is 16.8. The topological polar surface area (TPSA) is 79.4 Å². The Balaban J connectivity index is 1.79. The number of nitrogens with one attached hydrogen (secondary N) is 1. The lowest BCUT2D eigenvalue weighted by atomic mass is 10.3. The van der Waals surface area contributed by atoms with Crippen LogP contribution >= 0.6 is 22.7 Å². The van der Waals surface area contributed by atoms with Crippen molar-refractivity contribution in [3.63, 3.8) is 0 Å². The third-order valence-electron chi connectivity index (χ3n) is 2.90. The van der Waals surface area contributed by atoms with E-state index in [9.17, 15) is 13.2 Å². The fraction of sp³-hybridized carbons (Fsp3) is 0.385. The van der Waals surface area contributed by atoms with Gasteiger partial charge in [-0.05, 0) is 24.8 Å². The van der Waals surface area contributed by atoms with Gasteiger partial charge in [0.2, 0.25) is 5.91 Å². The predicted octanol–water partition coefficient (Wildman–Crippen LogP) is 2.55. The molecule has 120 valence electrons. The van der Waals surface area contributed by atoms with Crippen LogP contribution in [0.5, 0.6) is 0 Å². The SMILES string of the molecule is Cc1cnc(NC(=O)CCCN(C)S(=O)(=O)c2cccs2)s1. The maximum atomic E-state index is 12.2. The minimum Gasteiger partial charge on any atom is -0.302 e. The number of hydrogen-bond acceptors (Lipinski definition) is 6. The molecule has 22 heavy (non-hydrogen) atoms. The highest BCUT2D eigenvalue weighted by Gasteiger charge is 2.21. The number of anilines is 1. The zero-order chi connectivity index (χ0) is 16.2. The lowest BCUT2D eigenvalue weighted by molar-refractivity contribution is -0.116. The van der Waals surface area contributed by atoms with E-state index < -0.39 is 10.0 Å². The molecule has 0 fully saturated rings. The first kappa shape index (κ1) is 17.1. The number of aromatic nitrogens is 1. The molecule has 0 aliphatic heterocycles. The van der Waals surface area contributed by atoms with E-state index in [-0.39, 0.29) is 12.3 Å². The van der Waals surface area contributed by atoms with E-state index in [1.54, 1.807) is 23.7 Å². The fourth-order valence-corrected chi connectivity index (χ4v) is 4.83. The largest absolute Gasteiger partial charge is 0.302 e. The molecule has 0 atom stereocenters. The Morgan fingerprint density at radius 1 is 1.45 bits per heavy atom. The van der Waals surface area contributed by atoms with Gasteiger partial charge < -0.3 is 5.32 Å². The zero-order valence-electron chi connectivity index (χ0n) is 12.3. The number of hydrogen-bond donors (Lipinski definition) is 1. The first-order valence-corrected chi connectivity index (χ1v) is 9.75. The van der Waals surface area contributed by atoms with Crippen LogP contribution in [0.3, 0.4) is 0 Å². The molecule has 0 radical (unpaired) electrons. The summed E-state index contributed by atoms with van der Waals surface area (Å²) in [5, 5.41) is 5.00. The van der Waals surface area contributed by atoms with Crippen molar-refractivity contribution < 1.29 is 13.2 Å². The first-order chi connectivity index (χ1) is 10.4. The number of amides is 1. The predicted molar refractivity (Wildman–Crippen MR) is 88.8 cm³/mol. The summed E-state index contributed by atoms with van der Waals surface area (Å²) >= 11 is 2.60. The van der Waals surface area contributed by atoms with Crippen LogP contribution in [0.4, 0.5) is 5.13 Å². The number of thiophene rings is 1. The van der Waals surface area contributed by atoms with Crippen molar-refractivity contribution in [2.45, 2.75) is 24.0 Å². The Kier molecular flexibility index (Phi) is 5.68. The maximum Gasteiger partial charge on any atom is 0.252 e. The number of thiazole rings is 1. The number of nitrogens with zero attached hydrogens (tertiary/aromatic N) is 2. The van der Waals surface area contributed by atoms with Gasteiger partial charge in [0.25, 0.3) is 10.0 Å². The van der Waals surface area contributed by atoms with Crippen LogP contribution in [0.1, 0.15) is 17.7 Å². The summed E-state index contributed by atoms with van der Waals surface area (Å²) in [7, 11) is -1.91. The van der Waals surface area contributed by atoms with Gasteiger partial charge >= 0.3 is 0 Å². The molecule has 2 rings (SSSR count). The molecule has 2 aromatic rings. The minimum absolute atomic E-state index is 0.156. The summed E-state index contributed by atoms with van der Waals surface area (Å²) < 4.78 is 26.0. The second kappa shape index (κ2) is 7.32. The summed E-state index contributed by atoms with van der Waals surface area (Å²) in [6, 6.07) is 3.28. The molecule has 2 heterocycles. The highest BCUT2D eigenvalue weighted by atomic mass is 32.2. The van der Waals surface area contributed by atoms with Gasteiger partial charge in [-0.3, -0.25) is 4.79 Å². The highest BCUT2D eigenvalue weighted by Crippen LogP contribution is 2.20. The van der Waals surface area contributed by atoms with Crippen molar-refractivity contribution in [1.29, 1.82) is 0 Å². The van der Waals surface area contributed by atoms with Gasteiger partial charge in [-0.1, -0.05) is 6.07 Å². The molecule has 0 saturated heterocycles. The van der Waals surface area contributed by atoms with Gasteiger partial charge in [-0.25, -0.2) is 17.7 Å². The Bertz CT molecular complexity index is 723. The van der Waals surface area contributed by atoms with Gasteiger partial charge in [-0.2, -0.15) is 0 Å². The molecule has 9 heteroatoms. The van der Waals surface area contributed by atoms with Gasteiger partial charge in [0.15, 0.2) is 5.13 Å². The van der Waals surface area contributed by atoms with Crippen molar-refractivity contribution >= 4 is 43.7 Å². The van der Waals surface area contributed by atoms with E-state index in [1.807, 2.05) is 6.92 Å². The summed E-state index contributed by atoms with van der Waals surface area (Å²) in [6.45, 7) is 2.21. The maximum absolute atomic E-state index is 12.2. The molecule has 1 N–H and O–H groups in total. The number of aryl methyl sites for hydroxylation is 1. The normalized spacial score (nSPS) is 11.8. The second-order valence-corrected chi connectivity index (χ2v) is 9.14. The monoisotopic (exact) mass is 359 g/mol. The minimum atomic E-state index is -3.44. The van der Waals surface area contributed by atoms with Crippen molar-refractivity contribution in [3.05, 3.63) is 28.6 Å². The van der Waals surface area contributed by atoms with E-state index in [1.165, 1.54) is 34.0 Å². The van der Waals surface area contributed by atoms with Gasteiger partial charge in [0, 0.05) is 31.1 Å². The number of carbonyl (C=O) groups is 1. The van der Waals surface area contributed by atoms with Crippen molar-refractivity contribution in [1.82, 2.24) is 9.29 Å². The lowest BCUT2D eigenvalue weighted by Gasteiger charge is -2.15. The summed E-state index contributed by atoms with van der Waals surface area (Å²) in [5.41, 5.74) is 0. The van der Waals surface area contributed by atoms with E-state index in [4.69, 9.17) is 0 Å². The third-order valence-corrected chi connectivity index (χ3v) is 6.96. The Morgan fingerprint density at radius 2 is 2.23 bits per heavy atom. The van der Waals surface area contributed by atoms with E-state index >= 15 is 0 Å². The van der Waals surface area contributed by atoms with Crippen LogP contribution in [-0.4, -0.2) is 37.2 Å². The van der Waals surface area contributed by atoms with Crippen LogP contribution in [0, 0.1) is 6.92 Å². The average Bonchev–Trinajstić information content (AvgIpc) is 3.10. The molecule has 0 aliphatic carbocycles.